The minimum absolute atomic E-state index is 0.0334. The second kappa shape index (κ2) is 9.62. The molecule has 0 radical (unpaired) electrons. The Morgan fingerprint density at radius 3 is 2.45 bits per heavy atom. The maximum atomic E-state index is 12.1. The molecule has 0 atom stereocenters. The lowest BCUT2D eigenvalue weighted by Crippen LogP contribution is -2.20. The number of aromatic amines is 1. The number of nitrogens with one attached hydrogen (secondary N) is 2. The molecule has 1 amide bonds. The monoisotopic (exact) mass is 436 g/mol. The summed E-state index contributed by atoms with van der Waals surface area (Å²) in [6.07, 6.45) is 1.74. The molecule has 1 aromatic heterocycles. The zero-order chi connectivity index (χ0) is 23.2. The molecule has 33 heavy (non-hydrogen) atoms. The van der Waals surface area contributed by atoms with E-state index in [0.29, 0.717) is 28.4 Å². The van der Waals surface area contributed by atoms with E-state index in [0.717, 1.165) is 16.6 Å². The average Bonchev–Trinajstić information content (AvgIpc) is 3.26. The normalized spacial score (nSPS) is 11.1. The van der Waals surface area contributed by atoms with Crippen LogP contribution in [0.25, 0.3) is 22.7 Å². The van der Waals surface area contributed by atoms with Gasteiger partial charge in [-0.05, 0) is 67.1 Å². The first-order valence-electron chi connectivity index (χ1n) is 10.2. The van der Waals surface area contributed by atoms with Crippen LogP contribution in [0.15, 0.2) is 72.8 Å². The van der Waals surface area contributed by atoms with Gasteiger partial charge in [0.15, 0.2) is 12.4 Å². The van der Waals surface area contributed by atoms with E-state index in [1.807, 2.05) is 24.3 Å². The second-order valence-electron chi connectivity index (χ2n) is 7.31. The van der Waals surface area contributed by atoms with Crippen molar-refractivity contribution in [3.63, 3.8) is 0 Å². The van der Waals surface area contributed by atoms with Crippen molar-refractivity contribution in [2.75, 3.05) is 11.9 Å². The Morgan fingerprint density at radius 2 is 1.79 bits per heavy atom. The zero-order valence-electron chi connectivity index (χ0n) is 17.8. The van der Waals surface area contributed by atoms with E-state index in [2.05, 4.69) is 21.4 Å². The van der Waals surface area contributed by atoms with E-state index in [4.69, 9.17) is 4.74 Å². The van der Waals surface area contributed by atoms with Gasteiger partial charge in [-0.3, -0.25) is 9.59 Å². The Hall–Kier alpha value is -4.70. The van der Waals surface area contributed by atoms with Crippen LogP contribution < -0.4 is 10.1 Å². The van der Waals surface area contributed by atoms with E-state index < -0.39 is 0 Å². The lowest BCUT2D eigenvalue weighted by Gasteiger charge is -2.08. The molecule has 4 aromatic rings. The van der Waals surface area contributed by atoms with E-state index in [1.165, 1.54) is 6.92 Å². The molecular formula is C26H20N4O3. The number of ether oxygens (including phenoxy) is 1. The van der Waals surface area contributed by atoms with Crippen molar-refractivity contribution in [1.82, 2.24) is 9.97 Å². The van der Waals surface area contributed by atoms with Gasteiger partial charge in [0, 0.05) is 11.3 Å². The van der Waals surface area contributed by atoms with Crippen LogP contribution in [0.2, 0.25) is 0 Å². The third-order valence-corrected chi connectivity index (χ3v) is 4.90. The lowest BCUT2D eigenvalue weighted by atomic mass is 10.1. The van der Waals surface area contributed by atoms with Crippen LogP contribution in [0, 0.1) is 11.3 Å². The SMILES string of the molecule is CC(=O)c1ccc(NC(=O)COc2ccc(/C=C(\C#N)c3nc4ccccc4[nH]3)cc2)cc1. The predicted molar refractivity (Wildman–Crippen MR) is 127 cm³/mol. The number of nitrogens with zero attached hydrogens (tertiary/aromatic N) is 2. The molecule has 0 aliphatic rings. The molecule has 4 rings (SSSR count). The number of benzene rings is 3. The van der Waals surface area contributed by atoms with E-state index in [1.54, 1.807) is 54.6 Å². The predicted octanol–water partition coefficient (Wildman–Crippen LogP) is 4.85. The highest BCUT2D eigenvalue weighted by Gasteiger charge is 2.08. The fourth-order valence-electron chi connectivity index (χ4n) is 3.20. The van der Waals surface area contributed by atoms with Crippen LogP contribution in [-0.2, 0) is 4.79 Å². The summed E-state index contributed by atoms with van der Waals surface area (Å²) in [5.74, 6) is 0.684. The number of H-pyrrole nitrogens is 1. The third kappa shape index (κ3) is 5.32. The Labute approximate surface area is 190 Å². The fourth-order valence-corrected chi connectivity index (χ4v) is 3.20. The summed E-state index contributed by atoms with van der Waals surface area (Å²) in [5, 5.41) is 12.3. The Bertz CT molecular complexity index is 1340. The number of para-hydroxylation sites is 2. The van der Waals surface area contributed by atoms with Crippen molar-refractivity contribution in [1.29, 1.82) is 5.26 Å². The topological polar surface area (TPSA) is 108 Å². The second-order valence-corrected chi connectivity index (χ2v) is 7.31. The summed E-state index contributed by atoms with van der Waals surface area (Å²) >= 11 is 0. The van der Waals surface area contributed by atoms with Crippen molar-refractivity contribution in [3.05, 3.63) is 89.7 Å². The summed E-state index contributed by atoms with van der Waals surface area (Å²) < 4.78 is 5.54. The summed E-state index contributed by atoms with van der Waals surface area (Å²) in [6.45, 7) is 1.33. The fraction of sp³-hybridized carbons (Fsp3) is 0.0769. The van der Waals surface area contributed by atoms with Crippen molar-refractivity contribution >= 4 is 40.1 Å². The van der Waals surface area contributed by atoms with Crippen LogP contribution in [0.4, 0.5) is 5.69 Å². The van der Waals surface area contributed by atoms with Crippen LogP contribution in [0.3, 0.4) is 0 Å². The number of rotatable bonds is 7. The van der Waals surface area contributed by atoms with Crippen LogP contribution in [0.5, 0.6) is 5.75 Å². The maximum absolute atomic E-state index is 12.1. The molecule has 7 nitrogen and oxygen atoms in total. The minimum atomic E-state index is -0.314. The molecular weight excluding hydrogens is 416 g/mol. The number of fused-ring (bicyclic) bond motifs is 1. The lowest BCUT2D eigenvalue weighted by molar-refractivity contribution is -0.118. The number of Topliss-reactive ketones (excluding diaryl/α,β-unsaturated/α-hetero) is 1. The van der Waals surface area contributed by atoms with Gasteiger partial charge in [-0.2, -0.15) is 5.26 Å². The Morgan fingerprint density at radius 1 is 1.06 bits per heavy atom. The van der Waals surface area contributed by atoms with Gasteiger partial charge >= 0.3 is 0 Å². The van der Waals surface area contributed by atoms with Gasteiger partial charge in [-0.25, -0.2) is 4.98 Å². The van der Waals surface area contributed by atoms with Gasteiger partial charge in [-0.15, -0.1) is 0 Å². The molecule has 0 fully saturated rings. The molecule has 162 valence electrons. The highest BCUT2D eigenvalue weighted by Crippen LogP contribution is 2.20. The number of allylic oxidation sites excluding steroid dienone is 1. The standard InChI is InChI=1S/C26H20N4O3/c1-17(31)19-8-10-21(11-9-19)28-25(32)16-33-22-12-6-18(7-13-22)14-20(15-27)26-29-23-4-2-3-5-24(23)30-26/h2-14H,16H2,1H3,(H,28,32)(H,29,30)/b20-14+. The number of nitriles is 1. The number of aromatic nitrogens is 2. The molecule has 0 saturated heterocycles. The Balaban J connectivity index is 1.37. The molecule has 0 aliphatic carbocycles. The number of amides is 1. The highest BCUT2D eigenvalue weighted by atomic mass is 16.5. The molecule has 7 heteroatoms. The summed E-state index contributed by atoms with van der Waals surface area (Å²) in [7, 11) is 0. The van der Waals surface area contributed by atoms with Gasteiger partial charge < -0.3 is 15.0 Å². The number of hydrogen-bond donors (Lipinski definition) is 2. The van der Waals surface area contributed by atoms with Gasteiger partial charge in [0.2, 0.25) is 0 Å². The third-order valence-electron chi connectivity index (χ3n) is 4.90. The van der Waals surface area contributed by atoms with Crippen molar-refractivity contribution in [3.8, 4) is 11.8 Å². The zero-order valence-corrected chi connectivity index (χ0v) is 17.8. The smallest absolute Gasteiger partial charge is 0.262 e. The summed E-state index contributed by atoms with van der Waals surface area (Å²) in [4.78, 5) is 31.1. The number of hydrogen-bond acceptors (Lipinski definition) is 5. The summed E-state index contributed by atoms with van der Waals surface area (Å²) in [5.41, 5.74) is 4.04. The quantitative estimate of drug-likeness (QED) is 0.318. The van der Waals surface area contributed by atoms with E-state index in [9.17, 15) is 14.9 Å². The maximum Gasteiger partial charge on any atom is 0.262 e. The van der Waals surface area contributed by atoms with Crippen molar-refractivity contribution < 1.29 is 14.3 Å². The van der Waals surface area contributed by atoms with E-state index in [-0.39, 0.29) is 18.3 Å². The van der Waals surface area contributed by atoms with Gasteiger partial charge in [-0.1, -0.05) is 24.3 Å². The molecule has 2 N–H and O–H groups in total. The minimum Gasteiger partial charge on any atom is -0.484 e. The molecule has 0 aliphatic heterocycles. The summed E-state index contributed by atoms with van der Waals surface area (Å²) in [6, 6.07) is 23.5. The van der Waals surface area contributed by atoms with Gasteiger partial charge in [0.1, 0.15) is 17.6 Å². The Kier molecular flexibility index (Phi) is 6.28. The molecule has 0 spiro atoms. The van der Waals surface area contributed by atoms with Gasteiger partial charge in [0.05, 0.1) is 16.6 Å². The number of anilines is 1. The highest BCUT2D eigenvalue weighted by molar-refractivity contribution is 5.96. The number of ketones is 1. The van der Waals surface area contributed by atoms with Crippen LogP contribution in [0.1, 0.15) is 28.7 Å². The largest absolute Gasteiger partial charge is 0.484 e. The molecule has 0 bridgehead atoms. The number of carbonyl (C=O) groups excluding carboxylic acids is 2. The first kappa shape index (κ1) is 21.5. The molecule has 0 unspecified atom stereocenters. The number of imidazole rings is 1. The van der Waals surface area contributed by atoms with Crippen molar-refractivity contribution in [2.24, 2.45) is 0 Å². The molecule has 1 heterocycles. The molecule has 0 saturated carbocycles. The number of carbonyl (C=O) groups is 2. The first-order valence-corrected chi connectivity index (χ1v) is 10.2. The average molecular weight is 436 g/mol. The van der Waals surface area contributed by atoms with Crippen molar-refractivity contribution in [2.45, 2.75) is 6.92 Å². The van der Waals surface area contributed by atoms with Gasteiger partial charge in [0.25, 0.3) is 5.91 Å². The van der Waals surface area contributed by atoms with Crippen LogP contribution >= 0.6 is 0 Å². The van der Waals surface area contributed by atoms with E-state index >= 15 is 0 Å². The first-order chi connectivity index (χ1) is 16.0. The molecule has 3 aromatic carbocycles. The van der Waals surface area contributed by atoms with Crippen LogP contribution in [-0.4, -0.2) is 28.3 Å².